The van der Waals surface area contributed by atoms with E-state index in [-0.39, 0.29) is 22.5 Å². The van der Waals surface area contributed by atoms with Crippen molar-refractivity contribution in [3.8, 4) is 5.75 Å². The standard InChI is InChI=1S/C21H20F2N4O3S2/c1-2-3-10-30-15-7-4-13(5-8-15)19(29)25-20-26-27-21(32-20)31-12-18(28)24-17-9-6-14(22)11-16(17)23/h4-9,11H,2-3,10,12H2,1H3,(H,24,28)(H,25,26,29). The number of anilines is 2. The number of hydrogen-bond acceptors (Lipinski definition) is 7. The molecular formula is C21H20F2N4O3S2. The van der Waals surface area contributed by atoms with Gasteiger partial charge in [0.15, 0.2) is 4.34 Å². The highest BCUT2D eigenvalue weighted by Gasteiger charge is 2.13. The Labute approximate surface area is 191 Å². The number of carbonyl (C=O) groups excluding carboxylic acids is 2. The molecule has 0 spiro atoms. The van der Waals surface area contributed by atoms with Gasteiger partial charge < -0.3 is 10.1 Å². The predicted molar refractivity (Wildman–Crippen MR) is 120 cm³/mol. The quantitative estimate of drug-likeness (QED) is 0.243. The molecule has 0 saturated carbocycles. The van der Waals surface area contributed by atoms with E-state index in [0.29, 0.717) is 28.3 Å². The van der Waals surface area contributed by atoms with E-state index < -0.39 is 17.5 Å². The number of halogens is 2. The summed E-state index contributed by atoms with van der Waals surface area (Å²) in [5.41, 5.74) is 0.335. The van der Waals surface area contributed by atoms with Crippen molar-refractivity contribution in [1.29, 1.82) is 0 Å². The molecule has 7 nitrogen and oxygen atoms in total. The summed E-state index contributed by atoms with van der Waals surface area (Å²) in [5.74, 6) is -1.77. The summed E-state index contributed by atoms with van der Waals surface area (Å²) in [5, 5.41) is 13.1. The molecule has 0 unspecified atom stereocenters. The van der Waals surface area contributed by atoms with Gasteiger partial charge in [0.25, 0.3) is 5.91 Å². The summed E-state index contributed by atoms with van der Waals surface area (Å²) in [4.78, 5) is 24.4. The van der Waals surface area contributed by atoms with E-state index >= 15 is 0 Å². The minimum absolute atomic E-state index is 0.0567. The number of amides is 2. The van der Waals surface area contributed by atoms with Crippen molar-refractivity contribution >= 4 is 45.7 Å². The van der Waals surface area contributed by atoms with Gasteiger partial charge in [-0.2, -0.15) is 0 Å². The number of ether oxygens (including phenoxy) is 1. The van der Waals surface area contributed by atoms with Crippen LogP contribution in [0.4, 0.5) is 19.6 Å². The number of hydrogen-bond donors (Lipinski definition) is 2. The maximum Gasteiger partial charge on any atom is 0.257 e. The molecule has 11 heteroatoms. The molecule has 168 valence electrons. The van der Waals surface area contributed by atoms with Gasteiger partial charge in [0.1, 0.15) is 17.4 Å². The first kappa shape index (κ1) is 23.6. The van der Waals surface area contributed by atoms with E-state index in [9.17, 15) is 18.4 Å². The largest absolute Gasteiger partial charge is 0.494 e. The van der Waals surface area contributed by atoms with Crippen LogP contribution in [0.3, 0.4) is 0 Å². The van der Waals surface area contributed by atoms with Crippen LogP contribution < -0.4 is 15.4 Å². The second-order valence-electron chi connectivity index (χ2n) is 6.51. The number of unbranched alkanes of at least 4 members (excludes halogenated alkanes) is 1. The zero-order valence-corrected chi connectivity index (χ0v) is 18.7. The van der Waals surface area contributed by atoms with Crippen LogP contribution in [0.25, 0.3) is 0 Å². The molecular weight excluding hydrogens is 458 g/mol. The number of thioether (sulfide) groups is 1. The summed E-state index contributed by atoms with van der Waals surface area (Å²) in [6, 6.07) is 9.67. The van der Waals surface area contributed by atoms with Crippen LogP contribution >= 0.6 is 23.1 Å². The normalized spacial score (nSPS) is 10.6. The lowest BCUT2D eigenvalue weighted by atomic mass is 10.2. The van der Waals surface area contributed by atoms with E-state index in [0.717, 1.165) is 48.1 Å². The minimum atomic E-state index is -0.857. The number of carbonyl (C=O) groups is 2. The van der Waals surface area contributed by atoms with Gasteiger partial charge in [-0.3, -0.25) is 14.9 Å². The molecule has 2 N–H and O–H groups in total. The van der Waals surface area contributed by atoms with Crippen LogP contribution in [-0.2, 0) is 4.79 Å². The van der Waals surface area contributed by atoms with Gasteiger partial charge in [-0.15, -0.1) is 10.2 Å². The molecule has 0 aliphatic carbocycles. The fourth-order valence-electron chi connectivity index (χ4n) is 2.43. The minimum Gasteiger partial charge on any atom is -0.494 e. The lowest BCUT2D eigenvalue weighted by Crippen LogP contribution is -2.15. The van der Waals surface area contributed by atoms with Crippen LogP contribution in [0.15, 0.2) is 46.8 Å². The van der Waals surface area contributed by atoms with Gasteiger partial charge in [0.2, 0.25) is 11.0 Å². The highest BCUT2D eigenvalue weighted by atomic mass is 32.2. The van der Waals surface area contributed by atoms with E-state index in [2.05, 4.69) is 27.8 Å². The summed E-state index contributed by atoms with van der Waals surface area (Å²) in [7, 11) is 0. The topological polar surface area (TPSA) is 93.2 Å². The van der Waals surface area contributed by atoms with Crippen molar-refractivity contribution in [3.05, 3.63) is 59.7 Å². The van der Waals surface area contributed by atoms with Crippen LogP contribution in [0.2, 0.25) is 0 Å². The third-order valence-corrected chi connectivity index (χ3v) is 6.01. The van der Waals surface area contributed by atoms with Gasteiger partial charge in [-0.05, 0) is 42.8 Å². The van der Waals surface area contributed by atoms with E-state index in [4.69, 9.17) is 4.74 Å². The molecule has 2 amide bonds. The number of benzene rings is 2. The number of rotatable bonds is 10. The average Bonchev–Trinajstić information content (AvgIpc) is 3.22. The van der Waals surface area contributed by atoms with Crippen LogP contribution in [-0.4, -0.2) is 34.4 Å². The molecule has 0 atom stereocenters. The summed E-state index contributed by atoms with van der Waals surface area (Å²) in [6.45, 7) is 2.71. The Morgan fingerprint density at radius 3 is 2.59 bits per heavy atom. The smallest absolute Gasteiger partial charge is 0.257 e. The Hall–Kier alpha value is -3.05. The third-order valence-electron chi connectivity index (χ3n) is 4.04. The first-order valence-electron chi connectivity index (χ1n) is 9.70. The van der Waals surface area contributed by atoms with Crippen LogP contribution in [0, 0.1) is 11.6 Å². The van der Waals surface area contributed by atoms with Crippen molar-refractivity contribution in [2.75, 3.05) is 23.0 Å². The molecule has 0 aliphatic heterocycles. The predicted octanol–water partition coefficient (Wildman–Crippen LogP) is 4.98. The molecule has 0 saturated heterocycles. The molecule has 1 aromatic heterocycles. The highest BCUT2D eigenvalue weighted by molar-refractivity contribution is 8.01. The van der Waals surface area contributed by atoms with Gasteiger partial charge in [0, 0.05) is 11.6 Å². The molecule has 1 heterocycles. The Bertz CT molecular complexity index is 1080. The lowest BCUT2D eigenvalue weighted by molar-refractivity contribution is -0.113. The lowest BCUT2D eigenvalue weighted by Gasteiger charge is -2.06. The molecule has 0 aliphatic rings. The zero-order valence-electron chi connectivity index (χ0n) is 17.1. The van der Waals surface area contributed by atoms with E-state index in [1.54, 1.807) is 24.3 Å². The summed E-state index contributed by atoms with van der Waals surface area (Å²) in [6.07, 6.45) is 2.00. The maximum atomic E-state index is 13.6. The molecule has 2 aromatic carbocycles. The SMILES string of the molecule is CCCCOc1ccc(C(=O)Nc2nnc(SCC(=O)Nc3ccc(F)cc3F)s2)cc1. The summed E-state index contributed by atoms with van der Waals surface area (Å²) >= 11 is 2.19. The van der Waals surface area contributed by atoms with E-state index in [1.165, 1.54) is 0 Å². The average molecular weight is 479 g/mol. The molecule has 0 bridgehead atoms. The number of nitrogens with one attached hydrogen (secondary N) is 2. The molecule has 0 radical (unpaired) electrons. The fraction of sp³-hybridized carbons (Fsp3) is 0.238. The zero-order chi connectivity index (χ0) is 22.9. The Morgan fingerprint density at radius 2 is 1.88 bits per heavy atom. The monoisotopic (exact) mass is 478 g/mol. The van der Waals surface area contributed by atoms with Crippen molar-refractivity contribution in [1.82, 2.24) is 10.2 Å². The maximum absolute atomic E-state index is 13.6. The number of nitrogens with zero attached hydrogens (tertiary/aromatic N) is 2. The molecule has 3 aromatic rings. The van der Waals surface area contributed by atoms with Gasteiger partial charge >= 0.3 is 0 Å². The summed E-state index contributed by atoms with van der Waals surface area (Å²) < 4.78 is 32.6. The highest BCUT2D eigenvalue weighted by Crippen LogP contribution is 2.26. The Morgan fingerprint density at radius 1 is 1.09 bits per heavy atom. The van der Waals surface area contributed by atoms with Gasteiger partial charge in [-0.25, -0.2) is 8.78 Å². The van der Waals surface area contributed by atoms with Crippen LogP contribution in [0.5, 0.6) is 5.75 Å². The van der Waals surface area contributed by atoms with Crippen molar-refractivity contribution in [2.45, 2.75) is 24.1 Å². The third kappa shape index (κ3) is 6.99. The van der Waals surface area contributed by atoms with Crippen LogP contribution in [0.1, 0.15) is 30.1 Å². The first-order valence-corrected chi connectivity index (χ1v) is 11.5. The van der Waals surface area contributed by atoms with Gasteiger partial charge in [0.05, 0.1) is 18.0 Å². The molecule has 3 rings (SSSR count). The van der Waals surface area contributed by atoms with Crippen molar-refractivity contribution in [3.63, 3.8) is 0 Å². The second-order valence-corrected chi connectivity index (χ2v) is 8.71. The number of aromatic nitrogens is 2. The first-order chi connectivity index (χ1) is 15.4. The van der Waals surface area contributed by atoms with Crippen molar-refractivity contribution < 1.29 is 23.1 Å². The second kappa shape index (κ2) is 11.5. The Balaban J connectivity index is 1.47. The Kier molecular flexibility index (Phi) is 8.51. The fourth-order valence-corrected chi connectivity index (χ4v) is 3.98. The molecule has 32 heavy (non-hydrogen) atoms. The van der Waals surface area contributed by atoms with Gasteiger partial charge in [-0.1, -0.05) is 36.4 Å². The van der Waals surface area contributed by atoms with E-state index in [1.807, 2.05) is 0 Å². The molecule has 0 fully saturated rings. The van der Waals surface area contributed by atoms with Crippen molar-refractivity contribution in [2.24, 2.45) is 0 Å².